The second-order valence-electron chi connectivity index (χ2n) is 8.07. The van der Waals surface area contributed by atoms with Crippen LogP contribution >= 0.6 is 11.3 Å². The van der Waals surface area contributed by atoms with E-state index in [0.29, 0.717) is 36.7 Å². The summed E-state index contributed by atoms with van der Waals surface area (Å²) in [6.45, 7) is 4.84. The standard InChI is InChI=1S/C25H26N4O3S2/c1-2-22-15-21(17-26)25(33-22)27-24(30)20-9-6-10-23(16-20)34(31,32)29-13-11-28(12-14-29)18-19-7-4-3-5-8-19/h3-10,15-16H,2,11-14,18H2,1H3,(H,27,30). The summed E-state index contributed by atoms with van der Waals surface area (Å²) in [5, 5.41) is 12.6. The summed E-state index contributed by atoms with van der Waals surface area (Å²) in [6.07, 6.45) is 0.765. The van der Waals surface area contributed by atoms with Crippen LogP contribution in [0.3, 0.4) is 0 Å². The normalized spacial score (nSPS) is 15.1. The zero-order chi connectivity index (χ0) is 24.1. The van der Waals surface area contributed by atoms with E-state index in [9.17, 15) is 18.5 Å². The van der Waals surface area contributed by atoms with E-state index >= 15 is 0 Å². The molecular formula is C25H26N4O3S2. The number of thiophene rings is 1. The van der Waals surface area contributed by atoms with Gasteiger partial charge in [0.05, 0.1) is 10.5 Å². The van der Waals surface area contributed by atoms with Crippen LogP contribution in [0, 0.1) is 11.3 Å². The molecule has 4 rings (SSSR count). The maximum atomic E-state index is 13.3. The minimum atomic E-state index is -3.72. The largest absolute Gasteiger partial charge is 0.312 e. The van der Waals surface area contributed by atoms with Gasteiger partial charge in [-0.3, -0.25) is 9.69 Å². The van der Waals surface area contributed by atoms with Gasteiger partial charge in [-0.25, -0.2) is 8.42 Å². The molecule has 0 spiro atoms. The summed E-state index contributed by atoms with van der Waals surface area (Å²) in [7, 11) is -3.72. The lowest BCUT2D eigenvalue weighted by molar-refractivity contribution is 0.102. The van der Waals surface area contributed by atoms with Crippen LogP contribution in [0.2, 0.25) is 0 Å². The highest BCUT2D eigenvalue weighted by Crippen LogP contribution is 2.29. The Morgan fingerprint density at radius 2 is 1.79 bits per heavy atom. The molecule has 1 amide bonds. The fourth-order valence-corrected chi connectivity index (χ4v) is 6.29. The number of amides is 1. The van der Waals surface area contributed by atoms with Crippen molar-refractivity contribution >= 4 is 32.3 Å². The lowest BCUT2D eigenvalue weighted by atomic mass is 10.2. The zero-order valence-corrected chi connectivity index (χ0v) is 20.5. The highest BCUT2D eigenvalue weighted by atomic mass is 32.2. The maximum absolute atomic E-state index is 13.3. The van der Waals surface area contributed by atoms with Gasteiger partial charge in [0.1, 0.15) is 11.1 Å². The van der Waals surface area contributed by atoms with Crippen LogP contribution in [-0.4, -0.2) is 49.7 Å². The molecule has 0 atom stereocenters. The number of benzene rings is 2. The number of nitrogens with one attached hydrogen (secondary N) is 1. The molecule has 1 saturated heterocycles. The van der Waals surface area contributed by atoms with Crippen LogP contribution in [0.15, 0.2) is 65.6 Å². The van der Waals surface area contributed by atoms with Gasteiger partial charge in [0.25, 0.3) is 5.91 Å². The Morgan fingerprint density at radius 3 is 2.47 bits per heavy atom. The molecular weight excluding hydrogens is 468 g/mol. The lowest BCUT2D eigenvalue weighted by Crippen LogP contribution is -2.48. The third-order valence-corrected chi connectivity index (χ3v) is 8.88. The van der Waals surface area contributed by atoms with E-state index in [1.807, 2.05) is 25.1 Å². The molecule has 34 heavy (non-hydrogen) atoms. The average Bonchev–Trinajstić information content (AvgIpc) is 3.27. The number of rotatable bonds is 7. The zero-order valence-electron chi connectivity index (χ0n) is 18.9. The Balaban J connectivity index is 1.44. The van der Waals surface area contributed by atoms with Crippen molar-refractivity contribution in [1.82, 2.24) is 9.21 Å². The third kappa shape index (κ3) is 5.37. The van der Waals surface area contributed by atoms with E-state index in [0.717, 1.165) is 17.8 Å². The molecule has 1 aliphatic rings. The summed E-state index contributed by atoms with van der Waals surface area (Å²) in [6, 6.07) is 20.0. The number of aryl methyl sites for hydroxylation is 1. The van der Waals surface area contributed by atoms with E-state index in [4.69, 9.17) is 0 Å². The fraction of sp³-hybridized carbons (Fsp3) is 0.280. The van der Waals surface area contributed by atoms with E-state index in [2.05, 4.69) is 28.4 Å². The van der Waals surface area contributed by atoms with E-state index in [-0.39, 0.29) is 10.5 Å². The molecule has 2 aromatic carbocycles. The number of nitriles is 1. The van der Waals surface area contributed by atoms with Crippen molar-refractivity contribution in [3.63, 3.8) is 0 Å². The monoisotopic (exact) mass is 494 g/mol. The Bertz CT molecular complexity index is 1310. The summed E-state index contributed by atoms with van der Waals surface area (Å²) < 4.78 is 28.0. The van der Waals surface area contributed by atoms with E-state index in [1.54, 1.807) is 18.2 Å². The molecule has 2 heterocycles. The smallest absolute Gasteiger partial charge is 0.256 e. The van der Waals surface area contributed by atoms with Crippen LogP contribution in [0.4, 0.5) is 5.00 Å². The summed E-state index contributed by atoms with van der Waals surface area (Å²) in [4.78, 5) is 16.2. The first-order valence-electron chi connectivity index (χ1n) is 11.1. The second kappa shape index (κ2) is 10.5. The minimum absolute atomic E-state index is 0.0950. The predicted molar refractivity (Wildman–Crippen MR) is 133 cm³/mol. The molecule has 0 aliphatic carbocycles. The first-order chi connectivity index (χ1) is 16.4. The Hall–Kier alpha value is -3.03. The average molecular weight is 495 g/mol. The number of piperazine rings is 1. The molecule has 0 saturated carbocycles. The van der Waals surface area contributed by atoms with Crippen molar-refractivity contribution in [2.45, 2.75) is 24.8 Å². The first kappa shape index (κ1) is 24.1. The number of nitrogens with zero attached hydrogens (tertiary/aromatic N) is 3. The van der Waals surface area contributed by atoms with Crippen molar-refractivity contribution in [3.05, 3.63) is 82.2 Å². The molecule has 1 aromatic heterocycles. The van der Waals surface area contributed by atoms with Crippen molar-refractivity contribution in [2.75, 3.05) is 31.5 Å². The molecule has 0 bridgehead atoms. The first-order valence-corrected chi connectivity index (χ1v) is 13.4. The topological polar surface area (TPSA) is 93.5 Å². The molecule has 1 fully saturated rings. The fourth-order valence-electron chi connectivity index (χ4n) is 3.88. The Morgan fingerprint density at radius 1 is 1.06 bits per heavy atom. The third-order valence-electron chi connectivity index (χ3n) is 5.79. The SMILES string of the molecule is CCc1cc(C#N)c(NC(=O)c2cccc(S(=O)(=O)N3CCN(Cc4ccccc4)CC3)c2)s1. The summed E-state index contributed by atoms with van der Waals surface area (Å²) in [5.41, 5.74) is 1.85. The molecule has 9 heteroatoms. The van der Waals surface area contributed by atoms with E-state index in [1.165, 1.54) is 33.3 Å². The molecule has 176 valence electrons. The molecule has 0 radical (unpaired) electrons. The van der Waals surface area contributed by atoms with Crippen molar-refractivity contribution in [3.8, 4) is 6.07 Å². The van der Waals surface area contributed by atoms with Gasteiger partial charge in [-0.05, 0) is 36.2 Å². The number of anilines is 1. The molecule has 1 N–H and O–H groups in total. The van der Waals surface area contributed by atoms with E-state index < -0.39 is 15.9 Å². The number of sulfonamides is 1. The highest BCUT2D eigenvalue weighted by Gasteiger charge is 2.29. The van der Waals surface area contributed by atoms with Crippen molar-refractivity contribution in [2.24, 2.45) is 0 Å². The molecule has 0 unspecified atom stereocenters. The van der Waals surface area contributed by atoms with Crippen molar-refractivity contribution in [1.29, 1.82) is 5.26 Å². The quantitative estimate of drug-likeness (QED) is 0.537. The number of hydrogen-bond acceptors (Lipinski definition) is 6. The van der Waals surface area contributed by atoms with Crippen LogP contribution in [0.5, 0.6) is 0 Å². The van der Waals surface area contributed by atoms with Gasteiger partial charge in [-0.1, -0.05) is 43.3 Å². The molecule has 1 aliphatic heterocycles. The lowest BCUT2D eigenvalue weighted by Gasteiger charge is -2.34. The van der Waals surface area contributed by atoms with Crippen LogP contribution < -0.4 is 5.32 Å². The highest BCUT2D eigenvalue weighted by molar-refractivity contribution is 7.89. The maximum Gasteiger partial charge on any atom is 0.256 e. The van der Waals surface area contributed by atoms with Crippen LogP contribution in [-0.2, 0) is 23.0 Å². The van der Waals surface area contributed by atoms with Gasteiger partial charge in [-0.2, -0.15) is 9.57 Å². The van der Waals surface area contributed by atoms with Gasteiger partial charge in [0, 0.05) is 43.2 Å². The van der Waals surface area contributed by atoms with Crippen LogP contribution in [0.1, 0.15) is 33.3 Å². The predicted octanol–water partition coefficient (Wildman–Crippen LogP) is 3.94. The Labute approximate surface area is 204 Å². The summed E-state index contributed by atoms with van der Waals surface area (Å²) >= 11 is 1.35. The second-order valence-corrected chi connectivity index (χ2v) is 11.1. The number of carbonyl (C=O) groups excluding carboxylic acids is 1. The summed E-state index contributed by atoms with van der Waals surface area (Å²) in [5.74, 6) is -0.439. The van der Waals surface area contributed by atoms with Crippen LogP contribution in [0.25, 0.3) is 0 Å². The number of hydrogen-bond donors (Lipinski definition) is 1. The van der Waals surface area contributed by atoms with Crippen molar-refractivity contribution < 1.29 is 13.2 Å². The van der Waals surface area contributed by atoms with Gasteiger partial charge in [0.15, 0.2) is 0 Å². The van der Waals surface area contributed by atoms with Gasteiger partial charge < -0.3 is 5.32 Å². The Kier molecular flexibility index (Phi) is 7.44. The number of carbonyl (C=O) groups is 1. The van der Waals surface area contributed by atoms with Gasteiger partial charge >= 0.3 is 0 Å². The molecule has 7 nitrogen and oxygen atoms in total. The van der Waals surface area contributed by atoms with Gasteiger partial charge in [0.2, 0.25) is 10.0 Å². The minimum Gasteiger partial charge on any atom is -0.312 e. The van der Waals surface area contributed by atoms with Gasteiger partial charge in [-0.15, -0.1) is 11.3 Å². The molecule has 3 aromatic rings.